The second-order valence-electron chi connectivity index (χ2n) is 3.51. The van der Waals surface area contributed by atoms with Crippen molar-refractivity contribution < 1.29 is 14.0 Å². The van der Waals surface area contributed by atoms with Crippen molar-refractivity contribution in [1.29, 1.82) is 0 Å². The largest absolute Gasteiger partial charge is 0.493 e. The lowest BCUT2D eigenvalue weighted by molar-refractivity contribution is -0.667. The van der Waals surface area contributed by atoms with Crippen LogP contribution in [0.15, 0.2) is 24.4 Å². The minimum absolute atomic E-state index is 0.679. The van der Waals surface area contributed by atoms with E-state index in [-0.39, 0.29) is 0 Å². The normalized spacial score (nSPS) is 10.5. The fraction of sp³-hybridized carbons (Fsp3) is 0.250. The van der Waals surface area contributed by atoms with Crippen LogP contribution in [-0.2, 0) is 7.05 Å². The maximum absolute atomic E-state index is 6.22. The third kappa shape index (κ3) is 1.67. The highest BCUT2D eigenvalue weighted by Crippen LogP contribution is 2.33. The number of aromatic nitrogens is 1. The molecule has 0 spiro atoms. The quantitative estimate of drug-likeness (QED) is 0.592. The van der Waals surface area contributed by atoms with E-state index in [4.69, 9.17) is 21.1 Å². The Morgan fingerprint density at radius 1 is 1.12 bits per heavy atom. The monoisotopic (exact) mass is 238 g/mol. The van der Waals surface area contributed by atoms with Gasteiger partial charge in [0.15, 0.2) is 17.7 Å². The molecule has 2 aromatic rings. The molecule has 0 aliphatic carbocycles. The van der Waals surface area contributed by atoms with Crippen LogP contribution in [0, 0.1) is 0 Å². The summed E-state index contributed by atoms with van der Waals surface area (Å²) in [5.74, 6) is 1.39. The summed E-state index contributed by atoms with van der Waals surface area (Å²) in [5, 5.41) is 2.66. The van der Waals surface area contributed by atoms with Crippen molar-refractivity contribution in [3.63, 3.8) is 0 Å². The van der Waals surface area contributed by atoms with E-state index in [2.05, 4.69) is 0 Å². The number of aryl methyl sites for hydroxylation is 1. The highest BCUT2D eigenvalue weighted by Gasteiger charge is 2.13. The van der Waals surface area contributed by atoms with Gasteiger partial charge in [-0.05, 0) is 29.1 Å². The predicted octanol–water partition coefficient (Wildman–Crippen LogP) is 2.33. The summed E-state index contributed by atoms with van der Waals surface area (Å²) in [4.78, 5) is 0. The molecule has 0 unspecified atom stereocenters. The van der Waals surface area contributed by atoms with Gasteiger partial charge in [0.05, 0.1) is 19.6 Å². The summed E-state index contributed by atoms with van der Waals surface area (Å²) in [6.07, 6.45) is 1.91. The van der Waals surface area contributed by atoms with Crippen molar-refractivity contribution in [2.24, 2.45) is 7.05 Å². The van der Waals surface area contributed by atoms with Gasteiger partial charge in [-0.25, -0.2) is 0 Å². The second kappa shape index (κ2) is 4.18. The molecule has 0 fully saturated rings. The number of hydrogen-bond acceptors (Lipinski definition) is 2. The van der Waals surface area contributed by atoms with Crippen molar-refractivity contribution in [2.45, 2.75) is 0 Å². The fourth-order valence-electron chi connectivity index (χ4n) is 1.66. The average Bonchev–Trinajstić information content (AvgIpc) is 2.32. The van der Waals surface area contributed by atoms with Gasteiger partial charge in [-0.15, -0.1) is 0 Å². The number of halogens is 1. The maximum atomic E-state index is 6.22. The van der Waals surface area contributed by atoms with Gasteiger partial charge in [-0.1, -0.05) is 0 Å². The third-order valence-corrected chi connectivity index (χ3v) is 3.04. The van der Waals surface area contributed by atoms with Crippen LogP contribution in [0.25, 0.3) is 10.8 Å². The summed E-state index contributed by atoms with van der Waals surface area (Å²) in [6.45, 7) is 0. The van der Waals surface area contributed by atoms with Crippen LogP contribution >= 0.6 is 11.6 Å². The molecule has 0 atom stereocenters. The van der Waals surface area contributed by atoms with Crippen LogP contribution in [0.3, 0.4) is 0 Å². The lowest BCUT2D eigenvalue weighted by atomic mass is 10.1. The molecule has 1 aromatic carbocycles. The molecule has 0 aliphatic rings. The summed E-state index contributed by atoms with van der Waals surface area (Å²) >= 11 is 6.22. The molecule has 1 heterocycles. The number of ether oxygens (including phenoxy) is 2. The summed E-state index contributed by atoms with van der Waals surface area (Å²) in [7, 11) is 5.13. The van der Waals surface area contributed by atoms with Crippen molar-refractivity contribution in [2.75, 3.05) is 14.2 Å². The molecule has 16 heavy (non-hydrogen) atoms. The lowest BCUT2D eigenvalue weighted by Crippen LogP contribution is -2.28. The van der Waals surface area contributed by atoms with Crippen LogP contribution in [-0.4, -0.2) is 14.2 Å². The van der Waals surface area contributed by atoms with Crippen LogP contribution in [0.4, 0.5) is 0 Å². The van der Waals surface area contributed by atoms with E-state index >= 15 is 0 Å². The molecule has 0 saturated carbocycles. The molecule has 0 aliphatic heterocycles. The first-order valence-electron chi connectivity index (χ1n) is 4.87. The first-order chi connectivity index (χ1) is 7.67. The number of methoxy groups -OCH3 is 2. The van der Waals surface area contributed by atoms with Gasteiger partial charge in [0.1, 0.15) is 7.05 Å². The van der Waals surface area contributed by atoms with E-state index in [1.165, 1.54) is 0 Å². The number of nitrogens with zero attached hydrogens (tertiary/aromatic N) is 1. The smallest absolute Gasteiger partial charge is 0.282 e. The van der Waals surface area contributed by atoms with E-state index in [0.717, 1.165) is 10.8 Å². The molecule has 1 aromatic heterocycles. The molecule has 4 heteroatoms. The van der Waals surface area contributed by atoms with E-state index in [9.17, 15) is 0 Å². The number of benzene rings is 1. The van der Waals surface area contributed by atoms with Crippen molar-refractivity contribution in [3.8, 4) is 11.5 Å². The zero-order valence-corrected chi connectivity index (χ0v) is 10.2. The van der Waals surface area contributed by atoms with Crippen LogP contribution in [0.5, 0.6) is 11.5 Å². The summed E-state index contributed by atoms with van der Waals surface area (Å²) in [5.41, 5.74) is 0. The topological polar surface area (TPSA) is 22.3 Å². The van der Waals surface area contributed by atoms with Gasteiger partial charge in [0.25, 0.3) is 5.15 Å². The molecule has 0 radical (unpaired) electrons. The van der Waals surface area contributed by atoms with E-state index in [1.807, 2.05) is 36.0 Å². The molecular formula is C12H13ClNO2+. The molecule has 0 saturated heterocycles. The predicted molar refractivity (Wildman–Crippen MR) is 63.2 cm³/mol. The third-order valence-electron chi connectivity index (χ3n) is 2.57. The minimum Gasteiger partial charge on any atom is -0.493 e. The zero-order valence-electron chi connectivity index (χ0n) is 9.45. The molecule has 3 nitrogen and oxygen atoms in total. The zero-order chi connectivity index (χ0) is 11.7. The molecule has 84 valence electrons. The maximum Gasteiger partial charge on any atom is 0.282 e. The summed E-state index contributed by atoms with van der Waals surface area (Å²) in [6, 6.07) is 5.79. The van der Waals surface area contributed by atoms with Gasteiger partial charge in [-0.3, -0.25) is 0 Å². The molecule has 0 N–H and O–H groups in total. The number of pyridine rings is 1. The Hall–Kier alpha value is -1.48. The Bertz CT molecular complexity index is 540. The van der Waals surface area contributed by atoms with Gasteiger partial charge in [0, 0.05) is 6.07 Å². The average molecular weight is 239 g/mol. The van der Waals surface area contributed by atoms with Crippen molar-refractivity contribution >= 4 is 22.4 Å². The molecule has 0 bridgehead atoms. The lowest BCUT2D eigenvalue weighted by Gasteiger charge is -2.08. The first-order valence-corrected chi connectivity index (χ1v) is 5.25. The number of fused-ring (bicyclic) bond motifs is 1. The van der Waals surface area contributed by atoms with Crippen LogP contribution in [0.1, 0.15) is 0 Å². The first kappa shape index (κ1) is 11.0. The molecular weight excluding hydrogens is 226 g/mol. The van der Waals surface area contributed by atoms with Gasteiger partial charge in [0.2, 0.25) is 0 Å². The highest BCUT2D eigenvalue weighted by atomic mass is 35.5. The molecule has 2 rings (SSSR count). The number of hydrogen-bond donors (Lipinski definition) is 0. The SMILES string of the molecule is COc1cc2cc[n+](C)c(Cl)c2cc1OC. The van der Waals surface area contributed by atoms with Crippen molar-refractivity contribution in [3.05, 3.63) is 29.5 Å². The number of rotatable bonds is 2. The molecule has 0 amide bonds. The Kier molecular flexibility index (Phi) is 2.88. The van der Waals surface area contributed by atoms with Crippen LogP contribution < -0.4 is 14.0 Å². The van der Waals surface area contributed by atoms with E-state index in [1.54, 1.807) is 14.2 Å². The summed E-state index contributed by atoms with van der Waals surface area (Å²) < 4.78 is 12.3. The Balaban J connectivity index is 2.78. The Morgan fingerprint density at radius 2 is 1.75 bits per heavy atom. The second-order valence-corrected chi connectivity index (χ2v) is 3.87. The van der Waals surface area contributed by atoms with Crippen molar-refractivity contribution in [1.82, 2.24) is 0 Å². The van der Waals surface area contributed by atoms with Gasteiger partial charge < -0.3 is 9.47 Å². The van der Waals surface area contributed by atoms with E-state index in [0.29, 0.717) is 16.7 Å². The van der Waals surface area contributed by atoms with E-state index < -0.39 is 0 Å². The standard InChI is InChI=1S/C12H13ClNO2/c1-14-5-4-8-6-10(15-2)11(16-3)7-9(8)12(14)13/h4-7H,1-3H3/q+1. The fourth-order valence-corrected chi connectivity index (χ4v) is 1.88. The Morgan fingerprint density at radius 3 is 2.38 bits per heavy atom. The van der Waals surface area contributed by atoms with Gasteiger partial charge >= 0.3 is 0 Å². The Labute approximate surface area is 99.2 Å². The van der Waals surface area contributed by atoms with Crippen LogP contribution in [0.2, 0.25) is 5.15 Å². The van der Waals surface area contributed by atoms with Gasteiger partial charge in [-0.2, -0.15) is 4.57 Å². The minimum atomic E-state index is 0.679. The highest BCUT2D eigenvalue weighted by molar-refractivity contribution is 6.33.